The van der Waals surface area contributed by atoms with Crippen LogP contribution in [0, 0.1) is 10.1 Å². The Morgan fingerprint density at radius 1 is 1.19 bits per heavy atom. The van der Waals surface area contributed by atoms with Crippen molar-refractivity contribution in [3.05, 3.63) is 64.0 Å². The number of nitro benzene ring substituents is 1. The fraction of sp³-hybridized carbons (Fsp3) is 0.118. The van der Waals surface area contributed by atoms with E-state index in [1.165, 1.54) is 12.1 Å². The van der Waals surface area contributed by atoms with Crippen molar-refractivity contribution >= 4 is 22.6 Å². The second kappa shape index (κ2) is 7.28. The molecule has 3 rings (SSSR count). The number of alkyl halides is 2. The minimum atomic E-state index is -2.92. The van der Waals surface area contributed by atoms with Crippen LogP contribution in [-0.2, 0) is 4.74 Å². The smallest absolute Gasteiger partial charge is 0.345 e. The van der Waals surface area contributed by atoms with Crippen molar-refractivity contribution < 1.29 is 28.0 Å². The molecule has 0 radical (unpaired) electrons. The normalized spacial score (nSPS) is 10.8. The van der Waals surface area contributed by atoms with E-state index in [2.05, 4.69) is 14.7 Å². The van der Waals surface area contributed by atoms with Crippen LogP contribution >= 0.6 is 0 Å². The number of hydrogen-bond acceptors (Lipinski definition) is 7. The number of esters is 1. The molecule has 0 aliphatic rings. The Kier molecular flexibility index (Phi) is 4.88. The third-order valence-corrected chi connectivity index (χ3v) is 3.57. The van der Waals surface area contributed by atoms with E-state index < -0.39 is 28.8 Å². The van der Waals surface area contributed by atoms with Crippen molar-refractivity contribution in [2.45, 2.75) is 6.43 Å². The van der Waals surface area contributed by atoms with Crippen LogP contribution in [0.3, 0.4) is 0 Å². The summed E-state index contributed by atoms with van der Waals surface area (Å²) in [6.45, 7) is 0. The predicted octanol–water partition coefficient (Wildman–Crippen LogP) is 4.05. The lowest BCUT2D eigenvalue weighted by molar-refractivity contribution is -0.385. The molecule has 2 aromatic carbocycles. The Morgan fingerprint density at radius 3 is 2.59 bits per heavy atom. The Hall–Kier alpha value is -3.69. The van der Waals surface area contributed by atoms with Crippen LogP contribution in [-0.4, -0.2) is 28.0 Å². The Balaban J connectivity index is 2.10. The highest BCUT2D eigenvalue weighted by Crippen LogP contribution is 2.32. The molecule has 1 heterocycles. The zero-order valence-corrected chi connectivity index (χ0v) is 13.8. The zero-order valence-electron chi connectivity index (χ0n) is 13.8. The summed E-state index contributed by atoms with van der Waals surface area (Å²) in [6.07, 6.45) is -2.92. The number of benzene rings is 2. The van der Waals surface area contributed by atoms with Gasteiger partial charge in [-0.3, -0.25) is 10.1 Å². The largest absolute Gasteiger partial charge is 0.465 e. The Bertz CT molecular complexity index is 1040. The molecule has 0 fully saturated rings. The number of methoxy groups -OCH3 is 1. The number of para-hydroxylation sites is 1. The van der Waals surface area contributed by atoms with Gasteiger partial charge in [-0.2, -0.15) is 4.98 Å². The SMILES string of the molecule is COC(=O)c1cc(Oc2nc(C(F)F)nc3ccccc23)ccc1[N+](=O)[O-]. The molecule has 0 aliphatic carbocycles. The summed E-state index contributed by atoms with van der Waals surface area (Å²) in [5.41, 5.74) is -0.574. The van der Waals surface area contributed by atoms with Gasteiger partial charge >= 0.3 is 5.97 Å². The van der Waals surface area contributed by atoms with Gasteiger partial charge in [0.15, 0.2) is 5.82 Å². The molecule has 10 heteroatoms. The molecule has 138 valence electrons. The number of halogens is 2. The summed E-state index contributed by atoms with van der Waals surface area (Å²) < 4.78 is 36.2. The van der Waals surface area contributed by atoms with Gasteiger partial charge in [-0.05, 0) is 18.2 Å². The Labute approximate surface area is 150 Å². The van der Waals surface area contributed by atoms with Gasteiger partial charge in [-0.1, -0.05) is 12.1 Å². The molecule has 27 heavy (non-hydrogen) atoms. The highest BCUT2D eigenvalue weighted by atomic mass is 19.3. The maximum Gasteiger partial charge on any atom is 0.345 e. The number of nitrogens with zero attached hydrogens (tertiary/aromatic N) is 3. The number of carbonyl (C=O) groups excluding carboxylic acids is 1. The van der Waals surface area contributed by atoms with Crippen molar-refractivity contribution in [2.75, 3.05) is 7.11 Å². The molecular weight excluding hydrogens is 364 g/mol. The van der Waals surface area contributed by atoms with E-state index in [1.807, 2.05) is 0 Å². The standard InChI is InChI=1S/C17H11F2N3O5/c1-26-17(23)11-8-9(6-7-13(11)22(24)25)27-16-10-4-2-3-5-12(10)20-15(21-16)14(18)19/h2-8,14H,1H3. The lowest BCUT2D eigenvalue weighted by Crippen LogP contribution is -2.06. The molecular formula is C17H11F2N3O5. The fourth-order valence-corrected chi connectivity index (χ4v) is 2.36. The van der Waals surface area contributed by atoms with E-state index in [-0.39, 0.29) is 22.7 Å². The molecule has 0 saturated carbocycles. The first-order valence-electron chi connectivity index (χ1n) is 7.50. The summed E-state index contributed by atoms with van der Waals surface area (Å²) in [7, 11) is 1.08. The lowest BCUT2D eigenvalue weighted by atomic mass is 10.1. The van der Waals surface area contributed by atoms with Crippen LogP contribution in [0.1, 0.15) is 22.6 Å². The number of nitro groups is 1. The van der Waals surface area contributed by atoms with Crippen LogP contribution in [0.5, 0.6) is 11.6 Å². The number of rotatable bonds is 5. The molecule has 1 aromatic heterocycles. The van der Waals surface area contributed by atoms with Gasteiger partial charge in [0.1, 0.15) is 11.3 Å². The van der Waals surface area contributed by atoms with Crippen LogP contribution in [0.2, 0.25) is 0 Å². The van der Waals surface area contributed by atoms with Crippen molar-refractivity contribution in [2.24, 2.45) is 0 Å². The highest BCUT2D eigenvalue weighted by molar-refractivity contribution is 5.94. The van der Waals surface area contributed by atoms with Crippen LogP contribution < -0.4 is 4.74 Å². The molecule has 3 aromatic rings. The summed E-state index contributed by atoms with van der Waals surface area (Å²) in [4.78, 5) is 29.6. The second-order valence-electron chi connectivity index (χ2n) is 5.23. The van der Waals surface area contributed by atoms with Gasteiger partial charge in [-0.15, -0.1) is 0 Å². The van der Waals surface area contributed by atoms with Gasteiger partial charge in [0.2, 0.25) is 5.88 Å². The quantitative estimate of drug-likeness (QED) is 0.376. The summed E-state index contributed by atoms with van der Waals surface area (Å²) in [6, 6.07) is 9.73. The molecule has 0 atom stereocenters. The molecule has 0 unspecified atom stereocenters. The molecule has 0 spiro atoms. The molecule has 0 N–H and O–H groups in total. The Morgan fingerprint density at radius 2 is 1.93 bits per heavy atom. The monoisotopic (exact) mass is 375 g/mol. The number of aromatic nitrogens is 2. The van der Waals surface area contributed by atoms with E-state index in [9.17, 15) is 23.7 Å². The van der Waals surface area contributed by atoms with Crippen molar-refractivity contribution in [1.82, 2.24) is 9.97 Å². The van der Waals surface area contributed by atoms with E-state index in [0.29, 0.717) is 5.39 Å². The molecule has 0 aliphatic heterocycles. The first-order chi connectivity index (χ1) is 12.9. The van der Waals surface area contributed by atoms with Gasteiger partial charge in [-0.25, -0.2) is 18.6 Å². The van der Waals surface area contributed by atoms with Crippen LogP contribution in [0.25, 0.3) is 10.9 Å². The first kappa shape index (κ1) is 18.1. The summed E-state index contributed by atoms with van der Waals surface area (Å²) in [5.74, 6) is -1.84. The van der Waals surface area contributed by atoms with Gasteiger partial charge in [0.25, 0.3) is 12.1 Å². The zero-order chi connectivity index (χ0) is 19.6. The lowest BCUT2D eigenvalue weighted by Gasteiger charge is -2.10. The maximum atomic E-state index is 13.1. The second-order valence-corrected chi connectivity index (χ2v) is 5.23. The number of carbonyl (C=O) groups is 1. The molecule has 0 saturated heterocycles. The van der Waals surface area contributed by atoms with E-state index >= 15 is 0 Å². The van der Waals surface area contributed by atoms with Crippen molar-refractivity contribution in [1.29, 1.82) is 0 Å². The van der Waals surface area contributed by atoms with Gasteiger partial charge in [0.05, 0.1) is 22.9 Å². The van der Waals surface area contributed by atoms with Crippen molar-refractivity contribution in [3.8, 4) is 11.6 Å². The van der Waals surface area contributed by atoms with E-state index in [4.69, 9.17) is 4.74 Å². The topological polar surface area (TPSA) is 104 Å². The molecule has 0 amide bonds. The minimum absolute atomic E-state index is 0.00920. The fourth-order valence-electron chi connectivity index (χ4n) is 2.36. The number of hydrogen-bond donors (Lipinski definition) is 0. The van der Waals surface area contributed by atoms with Gasteiger partial charge in [0, 0.05) is 12.1 Å². The minimum Gasteiger partial charge on any atom is -0.465 e. The molecule has 0 bridgehead atoms. The average Bonchev–Trinajstić information content (AvgIpc) is 2.66. The molecule has 8 nitrogen and oxygen atoms in total. The van der Waals surface area contributed by atoms with Crippen LogP contribution in [0.4, 0.5) is 14.5 Å². The summed E-state index contributed by atoms with van der Waals surface area (Å²) in [5, 5.41) is 11.4. The van der Waals surface area contributed by atoms with Crippen molar-refractivity contribution in [3.63, 3.8) is 0 Å². The summed E-state index contributed by atoms with van der Waals surface area (Å²) >= 11 is 0. The van der Waals surface area contributed by atoms with Gasteiger partial charge < -0.3 is 9.47 Å². The average molecular weight is 375 g/mol. The van der Waals surface area contributed by atoms with E-state index in [1.54, 1.807) is 18.2 Å². The first-order valence-corrected chi connectivity index (χ1v) is 7.50. The third kappa shape index (κ3) is 3.64. The van der Waals surface area contributed by atoms with Crippen LogP contribution in [0.15, 0.2) is 42.5 Å². The highest BCUT2D eigenvalue weighted by Gasteiger charge is 2.23. The maximum absolute atomic E-state index is 13.1. The van der Waals surface area contributed by atoms with E-state index in [0.717, 1.165) is 19.2 Å². The predicted molar refractivity (Wildman–Crippen MR) is 89.0 cm³/mol. The number of ether oxygens (including phenoxy) is 2. The number of fused-ring (bicyclic) bond motifs is 1. The third-order valence-electron chi connectivity index (χ3n) is 3.57.